The Hall–Kier alpha value is -3.51. The molecule has 0 saturated heterocycles. The number of H-pyrrole nitrogens is 1. The largest absolute Gasteiger partial charge is 0.487 e. The maximum Gasteiger partial charge on any atom is 0.487 e. The second kappa shape index (κ2) is 9.42. The van der Waals surface area contributed by atoms with Crippen LogP contribution in [0.25, 0.3) is 11.3 Å². The van der Waals surface area contributed by atoms with Gasteiger partial charge in [-0.2, -0.15) is 5.10 Å². The first-order valence-electron chi connectivity index (χ1n) is 11.0. The van der Waals surface area contributed by atoms with E-state index in [0.29, 0.717) is 28.2 Å². The minimum atomic E-state index is -3.87. The van der Waals surface area contributed by atoms with E-state index in [2.05, 4.69) is 20.3 Å². The molecule has 2 aromatic carbocycles. The molecular formula is C24H23ClF2N4O5S. The molecule has 0 fully saturated rings. The third-order valence-corrected chi connectivity index (χ3v) is 6.90. The maximum absolute atomic E-state index is 13.4. The summed E-state index contributed by atoms with van der Waals surface area (Å²) in [6.45, 7) is 3.40. The molecule has 0 radical (unpaired) electrons. The Bertz CT molecular complexity index is 1450. The van der Waals surface area contributed by atoms with Crippen LogP contribution >= 0.6 is 11.6 Å². The van der Waals surface area contributed by atoms with Crippen LogP contribution in [0.1, 0.15) is 29.8 Å². The highest BCUT2D eigenvalue weighted by Gasteiger charge is 2.46. The maximum atomic E-state index is 13.4. The smallest absolute Gasteiger partial charge is 0.420 e. The van der Waals surface area contributed by atoms with E-state index in [1.807, 2.05) is 0 Å². The number of benzene rings is 2. The predicted molar refractivity (Wildman–Crippen MR) is 135 cm³/mol. The molecule has 196 valence electrons. The molecule has 4 rings (SSSR count). The van der Waals surface area contributed by atoms with Crippen molar-refractivity contribution >= 4 is 44.6 Å². The zero-order chi connectivity index (χ0) is 27.2. The number of amides is 2. The molecule has 37 heavy (non-hydrogen) atoms. The van der Waals surface area contributed by atoms with Gasteiger partial charge in [0.15, 0.2) is 0 Å². The number of alkyl halides is 3. The Balaban J connectivity index is 1.73. The topological polar surface area (TPSA) is 121 Å². The lowest BCUT2D eigenvalue weighted by Gasteiger charge is -2.20. The first-order valence-corrected chi connectivity index (χ1v) is 13.4. The Labute approximate surface area is 216 Å². The van der Waals surface area contributed by atoms with Crippen LogP contribution in [0.5, 0.6) is 5.75 Å². The first-order chi connectivity index (χ1) is 17.2. The van der Waals surface area contributed by atoms with Crippen molar-refractivity contribution in [2.45, 2.75) is 24.8 Å². The Morgan fingerprint density at radius 3 is 2.46 bits per heavy atom. The number of carbonyl (C=O) groups excluding carboxylic acids is 2. The summed E-state index contributed by atoms with van der Waals surface area (Å²) in [7, 11) is -3.37. The molecule has 0 unspecified atom stereocenters. The normalized spacial score (nSPS) is 15.0. The number of aromatic nitrogens is 2. The minimum absolute atomic E-state index is 0.0751. The van der Waals surface area contributed by atoms with E-state index in [-0.39, 0.29) is 29.5 Å². The van der Waals surface area contributed by atoms with E-state index < -0.39 is 26.7 Å². The summed E-state index contributed by atoms with van der Waals surface area (Å²) in [5.74, 6) is -1.28. The number of fused-ring (bicyclic) bond motifs is 1. The molecule has 0 atom stereocenters. The fraction of sp³-hybridized carbons (Fsp3) is 0.292. The van der Waals surface area contributed by atoms with Crippen molar-refractivity contribution in [1.82, 2.24) is 10.2 Å². The average molecular weight is 553 g/mol. The molecule has 2 heterocycles. The lowest BCUT2D eigenvalue weighted by Crippen LogP contribution is -2.38. The van der Waals surface area contributed by atoms with E-state index in [0.717, 1.165) is 6.26 Å². The van der Waals surface area contributed by atoms with Gasteiger partial charge in [0.25, 0.3) is 5.91 Å². The van der Waals surface area contributed by atoms with Crippen LogP contribution in [0.2, 0.25) is 0 Å². The summed E-state index contributed by atoms with van der Waals surface area (Å²) < 4.78 is 53.6. The molecule has 1 aliphatic rings. The van der Waals surface area contributed by atoms with Gasteiger partial charge in [-0.05, 0) is 56.3 Å². The SMILES string of the molecule is CC1(C)C(=O)N(CCS(C)(=O)=O)c2cc(C(=O)Nc3ccc(OC(F)(F)Cl)cc3)cc(-c3ccn[nH]3)c21. The summed E-state index contributed by atoms with van der Waals surface area (Å²) in [6.07, 6.45) is 2.62. The number of hydrogen-bond acceptors (Lipinski definition) is 6. The van der Waals surface area contributed by atoms with Gasteiger partial charge in [0.1, 0.15) is 15.6 Å². The summed E-state index contributed by atoms with van der Waals surface area (Å²) in [6, 6.07) is 10.0. The molecular weight excluding hydrogens is 530 g/mol. The number of halogens is 3. The van der Waals surface area contributed by atoms with Crippen LogP contribution < -0.4 is 15.0 Å². The second-order valence-electron chi connectivity index (χ2n) is 9.13. The number of nitrogens with zero attached hydrogens (tertiary/aromatic N) is 2. The van der Waals surface area contributed by atoms with Crippen molar-refractivity contribution in [2.75, 3.05) is 28.8 Å². The number of aromatic amines is 1. The number of hydrogen-bond donors (Lipinski definition) is 2. The molecule has 2 amide bonds. The first kappa shape index (κ1) is 26.6. The van der Waals surface area contributed by atoms with Gasteiger partial charge in [0, 0.05) is 58.7 Å². The Kier molecular flexibility index (Phi) is 6.76. The van der Waals surface area contributed by atoms with Crippen molar-refractivity contribution in [3.8, 4) is 17.0 Å². The fourth-order valence-corrected chi connectivity index (χ4v) is 4.83. The quantitative estimate of drug-likeness (QED) is 0.405. The highest BCUT2D eigenvalue weighted by atomic mass is 35.5. The molecule has 0 spiro atoms. The van der Waals surface area contributed by atoms with Crippen molar-refractivity contribution in [2.24, 2.45) is 0 Å². The summed E-state index contributed by atoms with van der Waals surface area (Å²) in [4.78, 5) is 27.9. The Morgan fingerprint density at radius 1 is 1.22 bits per heavy atom. The number of anilines is 2. The molecule has 2 N–H and O–H groups in total. The molecule has 0 bridgehead atoms. The lowest BCUT2D eigenvalue weighted by atomic mass is 9.81. The van der Waals surface area contributed by atoms with E-state index in [9.17, 15) is 26.8 Å². The molecule has 9 nitrogen and oxygen atoms in total. The molecule has 13 heteroatoms. The highest BCUT2D eigenvalue weighted by Crippen LogP contribution is 2.47. The molecule has 3 aromatic rings. The summed E-state index contributed by atoms with van der Waals surface area (Å²) >= 11 is 4.77. The minimum Gasteiger partial charge on any atom is -0.420 e. The van der Waals surface area contributed by atoms with Crippen LogP contribution in [0.15, 0.2) is 48.7 Å². The van der Waals surface area contributed by atoms with Gasteiger partial charge < -0.3 is 15.0 Å². The van der Waals surface area contributed by atoms with Gasteiger partial charge in [0.2, 0.25) is 5.91 Å². The van der Waals surface area contributed by atoms with Crippen molar-refractivity contribution in [1.29, 1.82) is 0 Å². The van der Waals surface area contributed by atoms with Gasteiger partial charge in [-0.3, -0.25) is 14.7 Å². The van der Waals surface area contributed by atoms with Crippen LogP contribution in [-0.4, -0.2) is 54.6 Å². The van der Waals surface area contributed by atoms with Crippen molar-refractivity contribution in [3.05, 3.63) is 59.8 Å². The number of ether oxygens (including phenoxy) is 1. The van der Waals surface area contributed by atoms with Gasteiger partial charge in [-0.25, -0.2) is 8.42 Å². The van der Waals surface area contributed by atoms with E-state index in [1.165, 1.54) is 41.4 Å². The van der Waals surface area contributed by atoms with Gasteiger partial charge >= 0.3 is 5.57 Å². The van der Waals surface area contributed by atoms with Crippen LogP contribution in [0.4, 0.5) is 20.2 Å². The van der Waals surface area contributed by atoms with E-state index >= 15 is 0 Å². The molecule has 1 aromatic heterocycles. The zero-order valence-corrected chi connectivity index (χ0v) is 21.6. The van der Waals surface area contributed by atoms with Crippen molar-refractivity contribution in [3.63, 3.8) is 0 Å². The number of rotatable bonds is 8. The summed E-state index contributed by atoms with van der Waals surface area (Å²) in [5.41, 5.74) is -2.20. The van der Waals surface area contributed by atoms with E-state index in [1.54, 1.807) is 26.0 Å². The van der Waals surface area contributed by atoms with Crippen LogP contribution in [-0.2, 0) is 20.0 Å². The molecule has 0 saturated carbocycles. The van der Waals surface area contributed by atoms with Gasteiger partial charge in [-0.15, -0.1) is 8.78 Å². The number of nitrogens with one attached hydrogen (secondary N) is 2. The monoisotopic (exact) mass is 552 g/mol. The van der Waals surface area contributed by atoms with Crippen molar-refractivity contribution < 1.29 is 31.5 Å². The van der Waals surface area contributed by atoms with Crippen LogP contribution in [0, 0.1) is 0 Å². The number of sulfone groups is 1. The second-order valence-corrected chi connectivity index (χ2v) is 11.8. The van der Waals surface area contributed by atoms with Gasteiger partial charge in [-0.1, -0.05) is 0 Å². The summed E-state index contributed by atoms with van der Waals surface area (Å²) in [5, 5.41) is 9.51. The average Bonchev–Trinajstić information content (AvgIpc) is 3.38. The van der Waals surface area contributed by atoms with Gasteiger partial charge in [0.05, 0.1) is 16.9 Å². The lowest BCUT2D eigenvalue weighted by molar-refractivity contribution is -0.122. The predicted octanol–water partition coefficient (Wildman–Crippen LogP) is 4.17. The third kappa shape index (κ3) is 5.75. The Morgan fingerprint density at radius 2 is 1.89 bits per heavy atom. The fourth-order valence-electron chi connectivity index (χ4n) is 4.22. The standard InChI is InChI=1S/C24H23ClF2N4O5S/c1-23(2)20-17(18-8-9-28-30-18)12-14(13-19(20)31(22(23)33)10-11-37(3,34)35)21(32)29-15-4-6-16(7-5-15)36-24(25,26)27/h4-9,12-13H,10-11H2,1-3H3,(H,28,30)(H,29,32). The zero-order valence-electron chi connectivity index (χ0n) is 20.0. The number of carbonyl (C=O) groups is 2. The molecule has 0 aliphatic carbocycles. The van der Waals surface area contributed by atoms with E-state index in [4.69, 9.17) is 11.6 Å². The third-order valence-electron chi connectivity index (χ3n) is 5.90. The highest BCUT2D eigenvalue weighted by molar-refractivity contribution is 7.90. The molecule has 1 aliphatic heterocycles. The van der Waals surface area contributed by atoms with Crippen LogP contribution in [0.3, 0.4) is 0 Å².